The molecule has 148 valence electrons. The molecule has 2 aromatic rings. The summed E-state index contributed by atoms with van der Waals surface area (Å²) in [5, 5.41) is 6.77. The molecule has 0 bridgehead atoms. The number of hydrogen-bond acceptors (Lipinski definition) is 4. The van der Waals surface area contributed by atoms with Crippen molar-refractivity contribution in [3.8, 4) is 11.1 Å². The first-order valence-electron chi connectivity index (χ1n) is 9.36. The van der Waals surface area contributed by atoms with Crippen molar-refractivity contribution in [3.63, 3.8) is 0 Å². The number of likely N-dealkylation sites (N-methyl/N-ethyl adjacent to an activating group) is 1. The molecule has 8 heteroatoms. The summed E-state index contributed by atoms with van der Waals surface area (Å²) >= 11 is 0. The molecule has 1 aromatic heterocycles. The van der Waals surface area contributed by atoms with Crippen LogP contribution in [0, 0.1) is 0 Å². The third-order valence-corrected chi connectivity index (χ3v) is 4.89. The van der Waals surface area contributed by atoms with Gasteiger partial charge in [0, 0.05) is 57.5 Å². The van der Waals surface area contributed by atoms with Crippen molar-refractivity contribution in [1.29, 1.82) is 0 Å². The molecule has 28 heavy (non-hydrogen) atoms. The van der Waals surface area contributed by atoms with Crippen molar-refractivity contribution in [3.05, 3.63) is 42.2 Å². The minimum absolute atomic E-state index is 0.0370. The van der Waals surface area contributed by atoms with Gasteiger partial charge in [0.2, 0.25) is 11.8 Å². The van der Waals surface area contributed by atoms with E-state index in [2.05, 4.69) is 10.4 Å². The Labute approximate surface area is 164 Å². The van der Waals surface area contributed by atoms with Crippen LogP contribution in [0.3, 0.4) is 0 Å². The quantitative estimate of drug-likeness (QED) is 0.853. The normalized spacial score (nSPS) is 14.5. The highest BCUT2D eigenvalue weighted by molar-refractivity contribution is 5.95. The second-order valence-corrected chi connectivity index (χ2v) is 6.83. The zero-order valence-corrected chi connectivity index (χ0v) is 16.2. The Bertz CT molecular complexity index is 876. The summed E-state index contributed by atoms with van der Waals surface area (Å²) < 4.78 is 1.56. The average Bonchev–Trinajstić information content (AvgIpc) is 3.01. The van der Waals surface area contributed by atoms with Gasteiger partial charge in [-0.05, 0) is 24.1 Å². The summed E-state index contributed by atoms with van der Waals surface area (Å²) in [6.07, 6.45) is 4.25. The molecule has 1 saturated heterocycles. The van der Waals surface area contributed by atoms with Gasteiger partial charge in [-0.15, -0.1) is 0 Å². The monoisotopic (exact) mass is 383 g/mol. The van der Waals surface area contributed by atoms with Crippen LogP contribution in [-0.2, 0) is 16.1 Å². The van der Waals surface area contributed by atoms with E-state index in [4.69, 9.17) is 0 Å². The lowest BCUT2D eigenvalue weighted by Gasteiger charge is -2.21. The highest BCUT2D eigenvalue weighted by atomic mass is 16.2. The summed E-state index contributed by atoms with van der Waals surface area (Å²) in [6, 6.07) is 7.40. The lowest BCUT2D eigenvalue weighted by atomic mass is 10.1. The van der Waals surface area contributed by atoms with E-state index in [0.717, 1.165) is 17.5 Å². The van der Waals surface area contributed by atoms with Gasteiger partial charge in [-0.2, -0.15) is 5.10 Å². The van der Waals surface area contributed by atoms with Crippen LogP contribution in [0.5, 0.6) is 0 Å². The van der Waals surface area contributed by atoms with E-state index in [1.54, 1.807) is 46.9 Å². The number of aromatic nitrogens is 2. The summed E-state index contributed by atoms with van der Waals surface area (Å²) in [6.45, 7) is 4.13. The maximum absolute atomic E-state index is 13.0. The van der Waals surface area contributed by atoms with Gasteiger partial charge >= 0.3 is 0 Å². The van der Waals surface area contributed by atoms with Crippen molar-refractivity contribution < 1.29 is 14.4 Å². The third-order valence-electron chi connectivity index (χ3n) is 4.89. The smallest absolute Gasteiger partial charge is 0.253 e. The molecule has 1 aromatic carbocycles. The van der Waals surface area contributed by atoms with E-state index < -0.39 is 0 Å². The molecule has 0 aliphatic carbocycles. The Morgan fingerprint density at radius 3 is 2.57 bits per heavy atom. The van der Waals surface area contributed by atoms with E-state index in [-0.39, 0.29) is 24.3 Å². The molecule has 1 aliphatic heterocycles. The highest BCUT2D eigenvalue weighted by Crippen LogP contribution is 2.21. The van der Waals surface area contributed by atoms with Gasteiger partial charge in [-0.25, -0.2) is 0 Å². The third kappa shape index (κ3) is 4.57. The summed E-state index contributed by atoms with van der Waals surface area (Å²) in [5.74, 6) is -0.116. The number of amides is 3. The molecule has 0 atom stereocenters. The number of nitrogens with one attached hydrogen (secondary N) is 1. The predicted molar refractivity (Wildman–Crippen MR) is 105 cm³/mol. The average molecular weight is 383 g/mol. The van der Waals surface area contributed by atoms with Crippen LogP contribution in [0.15, 0.2) is 36.7 Å². The van der Waals surface area contributed by atoms with Gasteiger partial charge in [-0.3, -0.25) is 19.1 Å². The first-order chi connectivity index (χ1) is 13.5. The number of hydrogen-bond donors (Lipinski definition) is 1. The molecule has 3 amide bonds. The van der Waals surface area contributed by atoms with Crippen LogP contribution < -0.4 is 5.32 Å². The van der Waals surface area contributed by atoms with Gasteiger partial charge in [0.15, 0.2) is 0 Å². The zero-order chi connectivity index (χ0) is 20.1. The summed E-state index contributed by atoms with van der Waals surface area (Å²) in [7, 11) is 1.58. The summed E-state index contributed by atoms with van der Waals surface area (Å²) in [5.41, 5.74) is 2.32. The molecule has 0 spiro atoms. The molecule has 0 saturated carbocycles. The number of rotatable bonds is 4. The minimum atomic E-state index is -0.126. The van der Waals surface area contributed by atoms with Gasteiger partial charge in [-0.1, -0.05) is 12.1 Å². The SMILES string of the molecule is CNC(=O)Cn1cc(-c2cccc(C(=O)N3CCCN(C(C)=O)CC3)c2)cn1. The van der Waals surface area contributed by atoms with E-state index in [9.17, 15) is 14.4 Å². The maximum atomic E-state index is 13.0. The van der Waals surface area contributed by atoms with Crippen molar-refractivity contribution in [2.24, 2.45) is 0 Å². The van der Waals surface area contributed by atoms with Crippen molar-refractivity contribution >= 4 is 17.7 Å². The Kier molecular flexibility index (Phi) is 6.08. The van der Waals surface area contributed by atoms with Crippen LogP contribution in [0.4, 0.5) is 0 Å². The fourth-order valence-corrected chi connectivity index (χ4v) is 3.28. The molecule has 1 aliphatic rings. The lowest BCUT2D eigenvalue weighted by molar-refractivity contribution is -0.128. The van der Waals surface area contributed by atoms with E-state index in [1.807, 2.05) is 18.2 Å². The van der Waals surface area contributed by atoms with Gasteiger partial charge in [0.25, 0.3) is 5.91 Å². The van der Waals surface area contributed by atoms with E-state index in [0.29, 0.717) is 31.7 Å². The number of carbonyl (C=O) groups excluding carboxylic acids is 3. The first kappa shape index (κ1) is 19.6. The molecule has 8 nitrogen and oxygen atoms in total. The molecule has 3 rings (SSSR count). The van der Waals surface area contributed by atoms with Crippen molar-refractivity contribution in [2.45, 2.75) is 19.9 Å². The van der Waals surface area contributed by atoms with E-state index in [1.165, 1.54) is 0 Å². The fraction of sp³-hybridized carbons (Fsp3) is 0.400. The van der Waals surface area contributed by atoms with E-state index >= 15 is 0 Å². The molecular formula is C20H25N5O3. The molecule has 1 fully saturated rings. The van der Waals surface area contributed by atoms with Gasteiger partial charge in [0.05, 0.1) is 6.20 Å². The van der Waals surface area contributed by atoms with Crippen LogP contribution >= 0.6 is 0 Å². The van der Waals surface area contributed by atoms with Crippen molar-refractivity contribution in [1.82, 2.24) is 24.9 Å². The predicted octanol–water partition coefficient (Wildman–Crippen LogP) is 0.991. The molecule has 0 unspecified atom stereocenters. The van der Waals surface area contributed by atoms with Crippen LogP contribution in [0.1, 0.15) is 23.7 Å². The van der Waals surface area contributed by atoms with Crippen LogP contribution in [-0.4, -0.2) is 70.5 Å². The molecular weight excluding hydrogens is 358 g/mol. The zero-order valence-electron chi connectivity index (χ0n) is 16.2. The van der Waals surface area contributed by atoms with Crippen LogP contribution in [0.25, 0.3) is 11.1 Å². The van der Waals surface area contributed by atoms with Gasteiger partial charge < -0.3 is 15.1 Å². The molecule has 0 radical (unpaired) electrons. The Hall–Kier alpha value is -3.16. The molecule has 1 N–H and O–H groups in total. The Morgan fingerprint density at radius 2 is 1.82 bits per heavy atom. The Morgan fingerprint density at radius 1 is 1.07 bits per heavy atom. The second-order valence-electron chi connectivity index (χ2n) is 6.83. The second kappa shape index (κ2) is 8.69. The largest absolute Gasteiger partial charge is 0.358 e. The number of carbonyl (C=O) groups is 3. The number of benzene rings is 1. The molecule has 2 heterocycles. The Balaban J connectivity index is 1.73. The standard InChI is InChI=1S/C20H25N5O3/c1-15(26)23-7-4-8-24(10-9-23)20(28)17-6-3-5-16(11-17)18-12-22-25(13-18)14-19(27)21-2/h3,5-6,11-13H,4,7-10,14H2,1-2H3,(H,21,27). The number of nitrogens with zero attached hydrogens (tertiary/aromatic N) is 4. The fourth-order valence-electron chi connectivity index (χ4n) is 3.28. The minimum Gasteiger partial charge on any atom is -0.358 e. The van der Waals surface area contributed by atoms with Gasteiger partial charge in [0.1, 0.15) is 6.54 Å². The van der Waals surface area contributed by atoms with Crippen LogP contribution in [0.2, 0.25) is 0 Å². The first-order valence-corrected chi connectivity index (χ1v) is 9.36. The lowest BCUT2D eigenvalue weighted by Crippen LogP contribution is -2.36. The maximum Gasteiger partial charge on any atom is 0.253 e. The topological polar surface area (TPSA) is 87.5 Å². The highest BCUT2D eigenvalue weighted by Gasteiger charge is 2.21. The van der Waals surface area contributed by atoms with Crippen molar-refractivity contribution in [2.75, 3.05) is 33.2 Å². The summed E-state index contributed by atoms with van der Waals surface area (Å²) in [4.78, 5) is 39.6.